The maximum absolute atomic E-state index is 13.2. The second-order valence-corrected chi connectivity index (χ2v) is 4.64. The van der Waals surface area contributed by atoms with Gasteiger partial charge in [-0.3, -0.25) is 0 Å². The smallest absolute Gasteiger partial charge is 0.330 e. The molecule has 0 spiro atoms. The molecule has 0 atom stereocenters. The zero-order chi connectivity index (χ0) is 14.5. The van der Waals surface area contributed by atoms with Crippen LogP contribution in [0.4, 0.5) is 10.3 Å². The lowest BCUT2D eigenvalue weighted by Crippen LogP contribution is -2.06. The van der Waals surface area contributed by atoms with Gasteiger partial charge in [0, 0.05) is 6.07 Å². The van der Waals surface area contributed by atoms with Crippen molar-refractivity contribution in [2.45, 2.75) is 13.3 Å². The maximum atomic E-state index is 13.2. The second-order valence-electron chi connectivity index (χ2n) is 3.78. The van der Waals surface area contributed by atoms with Crippen molar-refractivity contribution in [2.24, 2.45) is 0 Å². The summed E-state index contributed by atoms with van der Waals surface area (Å²) >= 11 is 3.24. The second kappa shape index (κ2) is 6.47. The van der Waals surface area contributed by atoms with Crippen LogP contribution in [0.15, 0.2) is 22.7 Å². The van der Waals surface area contributed by atoms with Crippen molar-refractivity contribution < 1.29 is 13.9 Å². The van der Waals surface area contributed by atoms with Crippen LogP contribution in [0, 0.1) is 5.82 Å². The highest BCUT2D eigenvalue weighted by molar-refractivity contribution is 9.10. The summed E-state index contributed by atoms with van der Waals surface area (Å²) in [6.45, 7) is 2.40. The van der Waals surface area contributed by atoms with Crippen molar-refractivity contribution in [3.8, 4) is 17.8 Å². The highest BCUT2D eigenvalue weighted by Gasteiger charge is 2.10. The molecule has 1 aromatic carbocycles. The molecule has 0 aliphatic rings. The number of benzene rings is 1. The molecular weight excluding hydrogens is 331 g/mol. The maximum Gasteiger partial charge on any atom is 0.330 e. The van der Waals surface area contributed by atoms with Gasteiger partial charge in [0.2, 0.25) is 5.95 Å². The number of aromatic nitrogens is 3. The predicted octanol–water partition coefficient (Wildman–Crippen LogP) is 2.94. The fraction of sp³-hybridized carbons (Fsp3) is 0.250. The largest absolute Gasteiger partial charge is 0.463 e. The van der Waals surface area contributed by atoms with Crippen molar-refractivity contribution in [1.29, 1.82) is 0 Å². The molecule has 0 fully saturated rings. The molecule has 6 nitrogen and oxygen atoms in total. The van der Waals surface area contributed by atoms with E-state index in [1.807, 2.05) is 6.92 Å². The summed E-state index contributed by atoms with van der Waals surface area (Å²) in [5, 5.41) is 0. The van der Waals surface area contributed by atoms with E-state index in [1.54, 1.807) is 0 Å². The van der Waals surface area contributed by atoms with E-state index in [4.69, 9.17) is 15.2 Å². The minimum absolute atomic E-state index is 0.0337. The average molecular weight is 343 g/mol. The summed E-state index contributed by atoms with van der Waals surface area (Å²) in [4.78, 5) is 11.6. The minimum atomic E-state index is -0.437. The van der Waals surface area contributed by atoms with Gasteiger partial charge in [-0.25, -0.2) is 4.39 Å². The van der Waals surface area contributed by atoms with Crippen molar-refractivity contribution >= 4 is 21.9 Å². The number of hydrogen-bond acceptors (Lipinski definition) is 6. The molecule has 8 heteroatoms. The molecule has 1 heterocycles. The summed E-state index contributed by atoms with van der Waals surface area (Å²) < 4.78 is 24.4. The van der Waals surface area contributed by atoms with Crippen LogP contribution in [0.2, 0.25) is 0 Å². The average Bonchev–Trinajstić information content (AvgIpc) is 2.40. The summed E-state index contributed by atoms with van der Waals surface area (Å²) in [5.74, 6) is -0.238. The SMILES string of the molecule is CCCOc1nc(N)nc(Oc2cc(F)ccc2Br)n1. The third kappa shape index (κ3) is 3.77. The normalized spacial score (nSPS) is 10.3. The minimum Gasteiger partial charge on any atom is -0.463 e. The summed E-state index contributed by atoms with van der Waals surface area (Å²) in [6, 6.07) is 4.03. The third-order valence-electron chi connectivity index (χ3n) is 2.14. The molecule has 0 amide bonds. The van der Waals surface area contributed by atoms with Crippen molar-refractivity contribution in [1.82, 2.24) is 15.0 Å². The van der Waals surface area contributed by atoms with Crippen molar-refractivity contribution in [3.63, 3.8) is 0 Å². The van der Waals surface area contributed by atoms with Gasteiger partial charge in [0.1, 0.15) is 11.6 Å². The first-order chi connectivity index (χ1) is 9.58. The first-order valence-electron chi connectivity index (χ1n) is 5.85. The van der Waals surface area contributed by atoms with Crippen LogP contribution in [0.5, 0.6) is 17.8 Å². The zero-order valence-corrected chi connectivity index (χ0v) is 12.2. The molecule has 2 N–H and O–H groups in total. The van der Waals surface area contributed by atoms with Gasteiger partial charge in [-0.1, -0.05) is 6.92 Å². The van der Waals surface area contributed by atoms with E-state index in [9.17, 15) is 4.39 Å². The van der Waals surface area contributed by atoms with Gasteiger partial charge in [-0.15, -0.1) is 4.98 Å². The lowest BCUT2D eigenvalue weighted by atomic mass is 10.3. The van der Waals surface area contributed by atoms with Gasteiger partial charge in [-0.05, 0) is 34.5 Å². The van der Waals surface area contributed by atoms with Crippen LogP contribution in [0.3, 0.4) is 0 Å². The van der Waals surface area contributed by atoms with Crippen LogP contribution in [0.25, 0.3) is 0 Å². The first kappa shape index (κ1) is 14.4. The molecule has 0 saturated carbocycles. The standard InChI is InChI=1S/C12H12BrFN4O2/c1-2-5-19-11-16-10(15)17-12(18-11)20-9-6-7(14)3-4-8(9)13/h3-4,6H,2,5H2,1H3,(H2,15,16,17,18). The molecule has 20 heavy (non-hydrogen) atoms. The quantitative estimate of drug-likeness (QED) is 0.899. The van der Waals surface area contributed by atoms with E-state index in [2.05, 4.69) is 30.9 Å². The van der Waals surface area contributed by atoms with Crippen LogP contribution in [0.1, 0.15) is 13.3 Å². The Labute approximate surface area is 123 Å². The Morgan fingerprint density at radius 3 is 2.75 bits per heavy atom. The van der Waals surface area contributed by atoms with E-state index < -0.39 is 5.82 Å². The van der Waals surface area contributed by atoms with E-state index >= 15 is 0 Å². The fourth-order valence-electron chi connectivity index (χ4n) is 1.31. The van der Waals surface area contributed by atoms with Crippen molar-refractivity contribution in [2.75, 3.05) is 12.3 Å². The molecule has 106 valence electrons. The van der Waals surface area contributed by atoms with Crippen LogP contribution in [-0.2, 0) is 0 Å². The van der Waals surface area contributed by atoms with E-state index in [0.29, 0.717) is 11.1 Å². The Morgan fingerprint density at radius 2 is 2.00 bits per heavy atom. The van der Waals surface area contributed by atoms with Crippen LogP contribution >= 0.6 is 15.9 Å². The number of halogens is 2. The molecule has 2 aromatic rings. The summed E-state index contributed by atoms with van der Waals surface area (Å²) in [6.07, 6.45) is 0.803. The van der Waals surface area contributed by atoms with Gasteiger partial charge in [0.25, 0.3) is 0 Å². The van der Waals surface area contributed by atoms with E-state index in [1.165, 1.54) is 18.2 Å². The Kier molecular flexibility index (Phi) is 4.67. The van der Waals surface area contributed by atoms with E-state index in [-0.39, 0.29) is 23.7 Å². The number of rotatable bonds is 5. The highest BCUT2D eigenvalue weighted by atomic mass is 79.9. The molecule has 2 rings (SSSR count). The number of hydrogen-bond donors (Lipinski definition) is 1. The molecule has 0 unspecified atom stereocenters. The Morgan fingerprint density at radius 1 is 1.25 bits per heavy atom. The van der Waals surface area contributed by atoms with Gasteiger partial charge < -0.3 is 15.2 Å². The molecular formula is C12H12BrFN4O2. The Balaban J connectivity index is 2.24. The monoisotopic (exact) mass is 342 g/mol. The molecule has 0 aliphatic heterocycles. The van der Waals surface area contributed by atoms with Gasteiger partial charge in [0.05, 0.1) is 11.1 Å². The fourth-order valence-corrected chi connectivity index (χ4v) is 1.64. The van der Waals surface area contributed by atoms with Crippen molar-refractivity contribution in [3.05, 3.63) is 28.5 Å². The first-order valence-corrected chi connectivity index (χ1v) is 6.65. The molecule has 0 bridgehead atoms. The number of nitrogen functional groups attached to an aromatic ring is 1. The highest BCUT2D eigenvalue weighted by Crippen LogP contribution is 2.29. The number of anilines is 1. The number of nitrogens with zero attached hydrogens (tertiary/aromatic N) is 3. The molecule has 0 saturated heterocycles. The molecule has 0 radical (unpaired) electrons. The summed E-state index contributed by atoms with van der Waals surface area (Å²) in [7, 11) is 0. The van der Waals surface area contributed by atoms with Crippen LogP contribution in [-0.4, -0.2) is 21.6 Å². The van der Waals surface area contributed by atoms with Gasteiger partial charge >= 0.3 is 12.0 Å². The van der Waals surface area contributed by atoms with Crippen LogP contribution < -0.4 is 15.2 Å². The molecule has 1 aromatic heterocycles. The summed E-state index contributed by atoms with van der Waals surface area (Å²) in [5.41, 5.74) is 5.54. The van der Waals surface area contributed by atoms with Gasteiger partial charge in [-0.2, -0.15) is 9.97 Å². The number of ether oxygens (including phenoxy) is 2. The Hall–Kier alpha value is -1.96. The lowest BCUT2D eigenvalue weighted by molar-refractivity contribution is 0.285. The molecule has 0 aliphatic carbocycles. The lowest BCUT2D eigenvalue weighted by Gasteiger charge is -2.08. The zero-order valence-electron chi connectivity index (χ0n) is 10.6. The Bertz CT molecular complexity index is 612. The topological polar surface area (TPSA) is 83.2 Å². The third-order valence-corrected chi connectivity index (χ3v) is 2.80. The van der Waals surface area contributed by atoms with E-state index in [0.717, 1.165) is 6.42 Å². The van der Waals surface area contributed by atoms with Gasteiger partial charge in [0.15, 0.2) is 0 Å². The number of nitrogens with two attached hydrogens (primary N) is 1. The predicted molar refractivity (Wildman–Crippen MR) is 74.2 cm³/mol.